The maximum Gasteiger partial charge on any atom is 0.324 e. The monoisotopic (exact) mass is 843 g/mol. The van der Waals surface area contributed by atoms with Crippen LogP contribution in [0.15, 0.2) is 48.1 Å². The number of hydrogen-bond acceptors (Lipinski definition) is 11. The van der Waals surface area contributed by atoms with Gasteiger partial charge in [-0.05, 0) is 93.7 Å². The molecule has 10 rings (SSSR count). The Hall–Kier alpha value is -4.68. The lowest BCUT2D eigenvalue weighted by Crippen LogP contribution is -2.77. The number of hydrogen-bond donors (Lipinski definition) is 2. The lowest BCUT2D eigenvalue weighted by atomic mass is 9.76. The fourth-order valence-electron chi connectivity index (χ4n) is 11.1. The molecule has 320 valence electrons. The van der Waals surface area contributed by atoms with Gasteiger partial charge in [0.2, 0.25) is 5.91 Å². The van der Waals surface area contributed by atoms with Gasteiger partial charge < -0.3 is 14.6 Å². The highest BCUT2D eigenvalue weighted by atomic mass is 32.1. The van der Waals surface area contributed by atoms with Crippen LogP contribution in [-0.2, 0) is 25.5 Å². The molecule has 4 aromatic rings. The molecule has 4 aliphatic heterocycles. The number of carbonyl (C=O) groups is 3. The first kappa shape index (κ1) is 40.4. The molecule has 8 atom stereocenters. The van der Waals surface area contributed by atoms with Gasteiger partial charge in [-0.2, -0.15) is 5.26 Å². The molecule has 2 aliphatic carbocycles. The molecule has 2 amide bonds. The zero-order valence-electron chi connectivity index (χ0n) is 35.9. The van der Waals surface area contributed by atoms with E-state index < -0.39 is 29.5 Å². The Morgan fingerprint density at radius 3 is 2.59 bits per heavy atom. The molecule has 14 heteroatoms. The number of amides is 2. The van der Waals surface area contributed by atoms with Crippen LogP contribution in [0.25, 0.3) is 33.4 Å². The molecule has 2 saturated carbocycles. The van der Waals surface area contributed by atoms with Crippen LogP contribution in [0.1, 0.15) is 88.9 Å². The summed E-state index contributed by atoms with van der Waals surface area (Å²) in [5.41, 5.74) is 8.97. The van der Waals surface area contributed by atoms with Crippen LogP contribution >= 0.6 is 11.3 Å². The number of fused-ring (bicyclic) bond motifs is 6. The van der Waals surface area contributed by atoms with Crippen molar-refractivity contribution in [1.29, 1.82) is 5.26 Å². The normalized spacial score (nSPS) is 31.2. The van der Waals surface area contributed by atoms with Crippen LogP contribution in [0, 0.1) is 40.4 Å². The number of nitrogens with one attached hydrogen (secondary N) is 2. The van der Waals surface area contributed by atoms with Crippen molar-refractivity contribution in [3.8, 4) is 28.6 Å². The first-order valence-corrected chi connectivity index (χ1v) is 23.2. The highest BCUT2D eigenvalue weighted by Crippen LogP contribution is 2.49. The number of esters is 1. The summed E-state index contributed by atoms with van der Waals surface area (Å²) >= 11 is 1.54. The Morgan fingerprint density at radius 2 is 1.90 bits per heavy atom. The van der Waals surface area contributed by atoms with Crippen LogP contribution in [0.5, 0.6) is 0 Å². The summed E-state index contributed by atoms with van der Waals surface area (Å²) in [4.78, 5) is 57.8. The van der Waals surface area contributed by atoms with Gasteiger partial charge in [0.15, 0.2) is 0 Å². The first-order valence-electron chi connectivity index (χ1n) is 22.3. The number of thiazole rings is 1. The van der Waals surface area contributed by atoms with Crippen molar-refractivity contribution in [2.75, 3.05) is 39.8 Å². The topological polar surface area (TPSA) is 149 Å². The molecule has 5 fully saturated rings. The number of rotatable bonds is 5. The van der Waals surface area contributed by atoms with Gasteiger partial charge >= 0.3 is 5.97 Å². The van der Waals surface area contributed by atoms with Crippen molar-refractivity contribution < 1.29 is 19.1 Å². The Kier molecular flexibility index (Phi) is 10.1. The number of pyridine rings is 1. The Morgan fingerprint density at radius 1 is 1.08 bits per heavy atom. The highest BCUT2D eigenvalue weighted by Gasteiger charge is 2.57. The third-order valence-corrected chi connectivity index (χ3v) is 16.1. The number of nitriles is 1. The van der Waals surface area contributed by atoms with E-state index in [4.69, 9.17) is 9.72 Å². The molecule has 6 aliphatic rings. The van der Waals surface area contributed by atoms with Gasteiger partial charge in [0, 0.05) is 94.8 Å². The standard InChI is InChI=1S/C47H57N9O4S/c1-27-28(2)38(27)42(57)51-39-41(54-24-47(25-54)14-17-53(47)5)43-50-36(23-61-43)30-11-13-37-33(19-30)34(20-46(3,4)26-60-45(59)35-9-7-16-55(52-35)44(39)58)40(31-8-6-15-49-22-31)56(37)32-12-10-29(18-32)21-48/h6,8,11,13,15,19,22-23,27-29,32,35,38-39,41,52H,7,9-10,12,14,16-18,20,24-26H2,1-5H3,(H,51,57)/t27-,28+,29-,32-,35-,38?,39-,41-/m0/s1. The van der Waals surface area contributed by atoms with Crippen LogP contribution in [-0.4, -0.2) is 105 Å². The highest BCUT2D eigenvalue weighted by molar-refractivity contribution is 7.10. The number of cyclic esters (lactones) is 1. The summed E-state index contributed by atoms with van der Waals surface area (Å²) in [6.45, 7) is 11.6. The summed E-state index contributed by atoms with van der Waals surface area (Å²) in [7, 11) is 2.16. The number of hydrazine groups is 1. The number of aromatic nitrogens is 3. The molecular weight excluding hydrogens is 787 g/mol. The van der Waals surface area contributed by atoms with Gasteiger partial charge in [-0.25, -0.2) is 10.4 Å². The van der Waals surface area contributed by atoms with E-state index in [0.29, 0.717) is 25.8 Å². The van der Waals surface area contributed by atoms with Gasteiger partial charge in [-0.15, -0.1) is 11.3 Å². The van der Waals surface area contributed by atoms with Crippen LogP contribution in [0.3, 0.4) is 0 Å². The first-order chi connectivity index (χ1) is 29.3. The van der Waals surface area contributed by atoms with Crippen molar-refractivity contribution in [3.63, 3.8) is 0 Å². The number of carbonyl (C=O) groups excluding carboxylic acids is 3. The number of nitrogens with zero attached hydrogens (tertiary/aromatic N) is 7. The zero-order valence-corrected chi connectivity index (χ0v) is 36.7. The van der Waals surface area contributed by atoms with E-state index in [1.54, 1.807) is 11.2 Å². The molecule has 6 bridgehead atoms. The van der Waals surface area contributed by atoms with Crippen LogP contribution in [0.2, 0.25) is 0 Å². The van der Waals surface area contributed by atoms with Crippen molar-refractivity contribution in [2.45, 2.75) is 102 Å². The van der Waals surface area contributed by atoms with E-state index in [2.05, 4.69) is 101 Å². The van der Waals surface area contributed by atoms with E-state index in [-0.39, 0.29) is 53.7 Å². The second kappa shape index (κ2) is 15.3. The smallest absolute Gasteiger partial charge is 0.324 e. The average Bonchev–Trinajstić information content (AvgIpc) is 3.71. The quantitative estimate of drug-likeness (QED) is 0.225. The molecule has 2 N–H and O–H groups in total. The number of likely N-dealkylation sites (tertiary alicyclic amines) is 2. The number of benzene rings is 1. The largest absolute Gasteiger partial charge is 0.464 e. The number of ether oxygens (including phenoxy) is 1. The summed E-state index contributed by atoms with van der Waals surface area (Å²) in [5.74, 6) is -0.449. The van der Waals surface area contributed by atoms with E-state index in [1.807, 2.05) is 12.3 Å². The molecule has 61 heavy (non-hydrogen) atoms. The average molecular weight is 844 g/mol. The summed E-state index contributed by atoms with van der Waals surface area (Å²) < 4.78 is 8.64. The molecule has 7 heterocycles. The summed E-state index contributed by atoms with van der Waals surface area (Å²) in [6.07, 6.45) is 9.11. The maximum absolute atomic E-state index is 15.0. The molecule has 13 nitrogen and oxygen atoms in total. The van der Waals surface area contributed by atoms with E-state index in [9.17, 15) is 14.9 Å². The molecule has 1 aromatic carbocycles. The second-order valence-electron chi connectivity index (χ2n) is 19.8. The van der Waals surface area contributed by atoms with E-state index in [1.165, 1.54) is 11.3 Å². The van der Waals surface area contributed by atoms with Gasteiger partial charge in [-0.3, -0.25) is 34.2 Å². The molecule has 0 radical (unpaired) electrons. The minimum Gasteiger partial charge on any atom is -0.464 e. The second-order valence-corrected chi connectivity index (χ2v) is 20.7. The van der Waals surface area contributed by atoms with Gasteiger partial charge in [0.25, 0.3) is 5.91 Å². The van der Waals surface area contributed by atoms with Crippen molar-refractivity contribution in [3.05, 3.63) is 58.7 Å². The van der Waals surface area contributed by atoms with Gasteiger partial charge in [0.1, 0.15) is 17.1 Å². The van der Waals surface area contributed by atoms with Crippen molar-refractivity contribution >= 4 is 40.0 Å². The predicted molar refractivity (Wildman–Crippen MR) is 233 cm³/mol. The van der Waals surface area contributed by atoms with Crippen molar-refractivity contribution in [1.82, 2.24) is 40.1 Å². The van der Waals surface area contributed by atoms with E-state index in [0.717, 1.165) is 89.3 Å². The lowest BCUT2D eigenvalue weighted by molar-refractivity contribution is -0.159. The number of likely N-dealkylation sites (N-methyl/N-ethyl adjacent to an activating group) is 1. The van der Waals surface area contributed by atoms with Crippen LogP contribution < -0.4 is 10.7 Å². The minimum atomic E-state index is -0.928. The Balaban J connectivity index is 1.13. The Bertz CT molecular complexity index is 2410. The predicted octanol–water partition coefficient (Wildman–Crippen LogP) is 6.13. The maximum atomic E-state index is 15.0. The van der Waals surface area contributed by atoms with Crippen LogP contribution in [0.4, 0.5) is 0 Å². The van der Waals surface area contributed by atoms with Crippen molar-refractivity contribution in [2.24, 2.45) is 29.1 Å². The molecule has 1 unspecified atom stereocenters. The molecular formula is C47H57N9O4S. The fourth-order valence-corrected chi connectivity index (χ4v) is 12.1. The van der Waals surface area contributed by atoms with Gasteiger partial charge in [-0.1, -0.05) is 33.8 Å². The molecule has 3 aromatic heterocycles. The Labute approximate surface area is 361 Å². The lowest BCUT2D eigenvalue weighted by Gasteiger charge is -2.63. The third kappa shape index (κ3) is 7.05. The molecule has 3 saturated heterocycles. The summed E-state index contributed by atoms with van der Waals surface area (Å²) in [5, 5.41) is 18.8. The zero-order chi connectivity index (χ0) is 42.4. The molecule has 1 spiro atoms. The SMILES string of the molecule is C[C@@H]1C(C(=O)N[C@@H]2C(=O)N3CCC[C@H](N3)C(=O)OCC(C)(C)Cc3c(-c4cccnc4)n([C@H]4CC[C@H](C#N)C4)c4ccc(cc34)-c3csc(n3)[C@H]2N2CC3(CCN3C)C2)[C@@H]1C. The fraction of sp³-hybridized carbons (Fsp3) is 0.574. The minimum absolute atomic E-state index is 0.00125. The van der Waals surface area contributed by atoms with Gasteiger partial charge in [0.05, 0.1) is 30.1 Å². The third-order valence-electron chi connectivity index (χ3n) is 15.2. The summed E-state index contributed by atoms with van der Waals surface area (Å²) in [6, 6.07) is 11.2. The van der Waals surface area contributed by atoms with E-state index >= 15 is 4.79 Å².